The summed E-state index contributed by atoms with van der Waals surface area (Å²) in [5, 5.41) is 9.30. The van der Waals surface area contributed by atoms with Crippen molar-refractivity contribution in [2.75, 3.05) is 20.6 Å². The Labute approximate surface area is 153 Å². The molecule has 0 aromatic heterocycles. The van der Waals surface area contributed by atoms with Gasteiger partial charge in [-0.1, -0.05) is 26.0 Å². The molecule has 7 nitrogen and oxygen atoms in total. The van der Waals surface area contributed by atoms with Crippen LogP contribution in [0.3, 0.4) is 0 Å². The lowest BCUT2D eigenvalue weighted by Gasteiger charge is -2.31. The number of benzene rings is 1. The summed E-state index contributed by atoms with van der Waals surface area (Å²) < 4.78 is 26.2. The number of hydrogen-bond donors (Lipinski definition) is 1. The standard InChI is InChI=1S/C18H24N2O5S/c1-18(2)14(15(18)17(22)23)16(21)20-9-8-12-11(10-20)6-5-7-13(12)26(24,25)19(3)4/h5-7,14-15H,8-10H2,1-4H3,(H,22,23)/t14-,15+/m0/s1. The van der Waals surface area contributed by atoms with E-state index in [4.69, 9.17) is 0 Å². The zero-order chi connectivity index (χ0) is 19.4. The fraction of sp³-hybridized carbons (Fsp3) is 0.556. The van der Waals surface area contributed by atoms with E-state index in [0.717, 1.165) is 11.1 Å². The minimum absolute atomic E-state index is 0.158. The number of sulfonamides is 1. The maximum atomic E-state index is 12.8. The molecule has 0 spiro atoms. The van der Waals surface area contributed by atoms with E-state index < -0.39 is 33.2 Å². The molecule has 1 aliphatic carbocycles. The fourth-order valence-electron chi connectivity index (χ4n) is 3.96. The molecule has 2 atom stereocenters. The third-order valence-corrected chi connectivity index (χ3v) is 7.55. The molecule has 0 saturated heterocycles. The van der Waals surface area contributed by atoms with Crippen molar-refractivity contribution in [1.29, 1.82) is 0 Å². The van der Waals surface area contributed by atoms with Gasteiger partial charge in [-0.2, -0.15) is 0 Å². The molecule has 1 aromatic carbocycles. The summed E-state index contributed by atoms with van der Waals surface area (Å²) >= 11 is 0. The highest BCUT2D eigenvalue weighted by Gasteiger charge is 2.66. The van der Waals surface area contributed by atoms with Crippen molar-refractivity contribution in [3.63, 3.8) is 0 Å². The first kappa shape index (κ1) is 18.8. The molecule has 1 N–H and O–H groups in total. The highest BCUT2D eigenvalue weighted by Crippen LogP contribution is 2.59. The van der Waals surface area contributed by atoms with Crippen molar-refractivity contribution in [3.8, 4) is 0 Å². The minimum atomic E-state index is -3.55. The van der Waals surface area contributed by atoms with Gasteiger partial charge in [0.25, 0.3) is 0 Å². The SMILES string of the molecule is CN(C)S(=O)(=O)c1cccc2c1CCN(C(=O)[C@@H]1[C@H](C(=O)O)C1(C)C)C2. The summed E-state index contributed by atoms with van der Waals surface area (Å²) in [6, 6.07) is 5.11. The third-order valence-electron chi connectivity index (χ3n) is 5.65. The molecule has 0 unspecified atom stereocenters. The smallest absolute Gasteiger partial charge is 0.307 e. The molecule has 0 radical (unpaired) electrons. The summed E-state index contributed by atoms with van der Waals surface area (Å²) in [6.07, 6.45) is 0.440. The Kier molecular flexibility index (Phi) is 4.39. The van der Waals surface area contributed by atoms with E-state index in [9.17, 15) is 23.1 Å². The van der Waals surface area contributed by atoms with E-state index in [-0.39, 0.29) is 10.8 Å². The van der Waals surface area contributed by atoms with Crippen LogP contribution in [0, 0.1) is 17.3 Å². The number of carbonyl (C=O) groups excluding carboxylic acids is 1. The number of rotatable bonds is 4. The Bertz CT molecular complexity index is 876. The van der Waals surface area contributed by atoms with Gasteiger partial charge in [0.05, 0.1) is 16.7 Å². The van der Waals surface area contributed by atoms with E-state index in [2.05, 4.69) is 0 Å². The predicted octanol–water partition coefficient (Wildman–Crippen LogP) is 1.18. The molecule has 1 aliphatic heterocycles. The summed E-state index contributed by atoms with van der Waals surface area (Å²) in [5.74, 6) is -2.27. The van der Waals surface area contributed by atoms with Gasteiger partial charge in [-0.05, 0) is 29.0 Å². The van der Waals surface area contributed by atoms with E-state index in [1.165, 1.54) is 18.4 Å². The van der Waals surface area contributed by atoms with Gasteiger partial charge in [0.2, 0.25) is 15.9 Å². The van der Waals surface area contributed by atoms with Gasteiger partial charge in [0.1, 0.15) is 0 Å². The quantitative estimate of drug-likeness (QED) is 0.846. The normalized spacial score (nSPS) is 24.3. The molecule has 1 heterocycles. The highest BCUT2D eigenvalue weighted by atomic mass is 32.2. The van der Waals surface area contributed by atoms with Crippen molar-refractivity contribution in [3.05, 3.63) is 29.3 Å². The zero-order valence-electron chi connectivity index (χ0n) is 15.4. The number of nitrogens with zero attached hydrogens (tertiary/aromatic N) is 2. The molecule has 0 bridgehead atoms. The van der Waals surface area contributed by atoms with Crippen LogP contribution < -0.4 is 0 Å². The van der Waals surface area contributed by atoms with Crippen LogP contribution in [0.2, 0.25) is 0 Å². The van der Waals surface area contributed by atoms with Crippen molar-refractivity contribution < 1.29 is 23.1 Å². The van der Waals surface area contributed by atoms with Crippen molar-refractivity contribution in [1.82, 2.24) is 9.21 Å². The predicted molar refractivity (Wildman–Crippen MR) is 94.8 cm³/mol. The monoisotopic (exact) mass is 380 g/mol. The maximum absolute atomic E-state index is 12.8. The first-order valence-corrected chi connectivity index (χ1v) is 9.98. The lowest BCUT2D eigenvalue weighted by Crippen LogP contribution is -2.39. The van der Waals surface area contributed by atoms with Crippen molar-refractivity contribution >= 4 is 21.9 Å². The Hall–Kier alpha value is -1.93. The van der Waals surface area contributed by atoms with E-state index >= 15 is 0 Å². The van der Waals surface area contributed by atoms with Crippen LogP contribution in [0.4, 0.5) is 0 Å². The third kappa shape index (κ3) is 2.81. The first-order chi connectivity index (χ1) is 12.0. The second-order valence-corrected chi connectivity index (χ2v) is 9.93. The topological polar surface area (TPSA) is 95.0 Å². The average Bonchev–Trinajstić information content (AvgIpc) is 3.15. The second-order valence-electron chi connectivity index (χ2n) is 7.81. The van der Waals surface area contributed by atoms with Crippen LogP contribution in [0.15, 0.2) is 23.1 Å². The lowest BCUT2D eigenvalue weighted by atomic mass is 9.99. The number of carboxylic acid groups (broad SMARTS) is 1. The number of hydrogen-bond acceptors (Lipinski definition) is 4. The van der Waals surface area contributed by atoms with Gasteiger partial charge in [-0.15, -0.1) is 0 Å². The lowest BCUT2D eigenvalue weighted by molar-refractivity contribution is -0.142. The van der Waals surface area contributed by atoms with Gasteiger partial charge < -0.3 is 10.0 Å². The van der Waals surface area contributed by atoms with Crippen LogP contribution >= 0.6 is 0 Å². The first-order valence-electron chi connectivity index (χ1n) is 8.54. The Morgan fingerprint density at radius 2 is 1.88 bits per heavy atom. The summed E-state index contributed by atoms with van der Waals surface area (Å²) in [7, 11) is -0.557. The van der Waals surface area contributed by atoms with E-state index in [0.29, 0.717) is 19.5 Å². The van der Waals surface area contributed by atoms with Gasteiger partial charge in [0, 0.05) is 27.2 Å². The van der Waals surface area contributed by atoms with Crippen molar-refractivity contribution in [2.45, 2.75) is 31.7 Å². The van der Waals surface area contributed by atoms with Crippen LogP contribution in [0.5, 0.6) is 0 Å². The largest absolute Gasteiger partial charge is 0.481 e. The van der Waals surface area contributed by atoms with Crippen LogP contribution in [0.1, 0.15) is 25.0 Å². The van der Waals surface area contributed by atoms with Crippen LogP contribution in [-0.2, 0) is 32.6 Å². The molecule has 1 fully saturated rings. The van der Waals surface area contributed by atoms with Gasteiger partial charge >= 0.3 is 5.97 Å². The van der Waals surface area contributed by atoms with Gasteiger partial charge in [-0.25, -0.2) is 12.7 Å². The van der Waals surface area contributed by atoms with E-state index in [1.54, 1.807) is 30.9 Å². The summed E-state index contributed by atoms with van der Waals surface area (Å²) in [4.78, 5) is 26.1. The fourth-order valence-corrected chi connectivity index (χ4v) is 5.15. The molecular formula is C18H24N2O5S. The van der Waals surface area contributed by atoms with Gasteiger partial charge in [0.15, 0.2) is 0 Å². The minimum Gasteiger partial charge on any atom is -0.481 e. The highest BCUT2D eigenvalue weighted by molar-refractivity contribution is 7.89. The van der Waals surface area contributed by atoms with Crippen LogP contribution in [-0.4, -0.2) is 55.2 Å². The molecule has 1 aromatic rings. The summed E-state index contributed by atoms with van der Waals surface area (Å²) in [5.41, 5.74) is 1.01. The Balaban J connectivity index is 1.86. The summed E-state index contributed by atoms with van der Waals surface area (Å²) in [6.45, 7) is 4.30. The molecule has 26 heavy (non-hydrogen) atoms. The number of fused-ring (bicyclic) bond motifs is 1. The molecule has 2 aliphatic rings. The molecule has 8 heteroatoms. The van der Waals surface area contributed by atoms with Crippen molar-refractivity contribution in [2.24, 2.45) is 17.3 Å². The zero-order valence-corrected chi connectivity index (χ0v) is 16.2. The van der Waals surface area contributed by atoms with E-state index in [1.807, 2.05) is 6.07 Å². The Morgan fingerprint density at radius 3 is 2.42 bits per heavy atom. The molecule has 3 rings (SSSR count). The average molecular weight is 380 g/mol. The number of amides is 1. The number of carbonyl (C=O) groups is 2. The second kappa shape index (κ2) is 6.06. The maximum Gasteiger partial charge on any atom is 0.307 e. The van der Waals surface area contributed by atoms with Crippen LogP contribution in [0.25, 0.3) is 0 Å². The molecule has 142 valence electrons. The molecule has 1 saturated carbocycles. The molecular weight excluding hydrogens is 356 g/mol. The van der Waals surface area contributed by atoms with Gasteiger partial charge in [-0.3, -0.25) is 9.59 Å². The molecule has 1 amide bonds. The number of carboxylic acids is 1. The Morgan fingerprint density at radius 1 is 1.23 bits per heavy atom. The number of aliphatic carboxylic acids is 1.